The van der Waals surface area contributed by atoms with Crippen LogP contribution >= 0.6 is 0 Å². The second kappa shape index (κ2) is 15.4. The predicted molar refractivity (Wildman–Crippen MR) is 144 cm³/mol. The van der Waals surface area contributed by atoms with Gasteiger partial charge in [0.1, 0.15) is 22.2 Å². The number of carboxylic acids is 1. The maximum absolute atomic E-state index is 11.3. The topological polar surface area (TPSA) is 115 Å². The van der Waals surface area contributed by atoms with E-state index in [2.05, 4.69) is 11.1 Å². The summed E-state index contributed by atoms with van der Waals surface area (Å²) in [5, 5.41) is 11.0. The molecule has 0 unspecified atom stereocenters. The van der Waals surface area contributed by atoms with Gasteiger partial charge in [0.25, 0.3) is 0 Å². The van der Waals surface area contributed by atoms with Crippen LogP contribution < -0.4 is 44.1 Å². The predicted octanol–water partition coefficient (Wildman–Crippen LogP) is 0.980. The Labute approximate surface area is 252 Å². The summed E-state index contributed by atoms with van der Waals surface area (Å²) in [5.74, 6) is 0.0688. The Morgan fingerprint density at radius 3 is 2.36 bits per heavy atom. The van der Waals surface area contributed by atoms with Crippen molar-refractivity contribution in [2.75, 3.05) is 25.2 Å². The average molecular weight is 564 g/mol. The fourth-order valence-corrected chi connectivity index (χ4v) is 4.88. The van der Waals surface area contributed by atoms with Gasteiger partial charge in [-0.05, 0) is 84.8 Å². The Balaban J connectivity index is 0.00000533. The van der Waals surface area contributed by atoms with E-state index in [0.29, 0.717) is 37.7 Å². The van der Waals surface area contributed by atoms with E-state index in [9.17, 15) is 18.3 Å². The van der Waals surface area contributed by atoms with Crippen LogP contribution in [0.1, 0.15) is 48.1 Å². The van der Waals surface area contributed by atoms with Crippen molar-refractivity contribution in [2.45, 2.75) is 46.3 Å². The van der Waals surface area contributed by atoms with E-state index in [4.69, 9.17) is 14.2 Å². The second-order valence-electron chi connectivity index (χ2n) is 9.20. The quantitative estimate of drug-likeness (QED) is 0.211. The standard InChI is InChI=1S/C29H35NO7S.Na/c1-5-35-26(17-28(31)32)24-10-11-27(30-18-24)37-19-22-8-6-9-23(16-22)29-20(2)14-25(15-21(29)3)36-12-7-13-38(4,33)34;/h6,8-11,14-16,18,26H,5,7,12-13,17,19H2,1-4H3,(H,31,32);/q;+1/p-1/t26-;/m0./s1. The molecule has 39 heavy (non-hydrogen) atoms. The van der Waals surface area contributed by atoms with Gasteiger partial charge in [-0.1, -0.05) is 18.2 Å². The third-order valence-corrected chi connectivity index (χ3v) is 6.92. The maximum Gasteiger partial charge on any atom is 1.00 e. The summed E-state index contributed by atoms with van der Waals surface area (Å²) in [6.07, 6.45) is 2.39. The molecule has 0 aliphatic rings. The number of aliphatic carboxylic acids is 1. The Hall–Kier alpha value is -2.43. The van der Waals surface area contributed by atoms with Crippen molar-refractivity contribution < 1.29 is 62.1 Å². The molecule has 3 aromatic rings. The zero-order valence-corrected chi connectivity index (χ0v) is 26.0. The molecule has 0 radical (unpaired) electrons. The fourth-order valence-electron chi connectivity index (χ4n) is 4.24. The molecule has 1 atom stereocenters. The molecule has 0 bridgehead atoms. The molecule has 1 heterocycles. The summed E-state index contributed by atoms with van der Waals surface area (Å²) in [5.41, 5.74) is 5.89. The molecule has 8 nitrogen and oxygen atoms in total. The van der Waals surface area contributed by atoms with Crippen molar-refractivity contribution in [1.29, 1.82) is 0 Å². The summed E-state index contributed by atoms with van der Waals surface area (Å²) in [6, 6.07) is 15.5. The van der Waals surface area contributed by atoms with Crippen LogP contribution in [0.3, 0.4) is 0 Å². The van der Waals surface area contributed by atoms with E-state index in [1.165, 1.54) is 6.26 Å². The Bertz CT molecular complexity index is 1320. The Kier molecular flexibility index (Phi) is 12.9. The van der Waals surface area contributed by atoms with Crippen LogP contribution in [0, 0.1) is 13.8 Å². The van der Waals surface area contributed by atoms with Gasteiger partial charge in [-0.15, -0.1) is 0 Å². The van der Waals surface area contributed by atoms with E-state index in [1.54, 1.807) is 25.3 Å². The minimum Gasteiger partial charge on any atom is -0.550 e. The molecule has 0 aliphatic carbocycles. The van der Waals surface area contributed by atoms with Crippen molar-refractivity contribution in [2.24, 2.45) is 0 Å². The first-order valence-corrected chi connectivity index (χ1v) is 14.5. The summed E-state index contributed by atoms with van der Waals surface area (Å²) in [6.45, 7) is 6.89. The van der Waals surface area contributed by atoms with E-state index in [0.717, 1.165) is 33.6 Å². The SMILES string of the molecule is CCO[C@@H](CC(=O)[O-])c1ccc(OCc2cccc(-c3c(C)cc(OCCCS(C)(=O)=O)cc3C)c2)nc1.[Na+]. The third-order valence-electron chi connectivity index (χ3n) is 5.89. The van der Waals surface area contributed by atoms with Gasteiger partial charge in [0.15, 0.2) is 0 Å². The fraction of sp³-hybridized carbons (Fsp3) is 0.379. The molecule has 0 saturated carbocycles. The first-order valence-electron chi connectivity index (χ1n) is 12.5. The number of rotatable bonds is 14. The monoisotopic (exact) mass is 563 g/mol. The molecule has 0 spiro atoms. The van der Waals surface area contributed by atoms with Gasteiger partial charge in [-0.3, -0.25) is 0 Å². The van der Waals surface area contributed by atoms with Crippen LogP contribution in [0.4, 0.5) is 0 Å². The number of carboxylic acid groups (broad SMARTS) is 1. The number of aromatic nitrogens is 1. The zero-order chi connectivity index (χ0) is 27.7. The molecule has 0 amide bonds. The number of sulfone groups is 1. The van der Waals surface area contributed by atoms with Crippen LogP contribution in [0.15, 0.2) is 54.7 Å². The van der Waals surface area contributed by atoms with E-state index < -0.39 is 21.9 Å². The van der Waals surface area contributed by atoms with E-state index in [-0.39, 0.29) is 41.7 Å². The third kappa shape index (κ3) is 10.6. The molecule has 1 aromatic heterocycles. The number of benzene rings is 2. The van der Waals surface area contributed by atoms with Crippen LogP contribution in [-0.2, 0) is 26.0 Å². The van der Waals surface area contributed by atoms with Crippen LogP contribution in [0.5, 0.6) is 11.6 Å². The molecule has 3 rings (SSSR count). The van der Waals surface area contributed by atoms with Crippen LogP contribution in [-0.4, -0.2) is 44.6 Å². The zero-order valence-electron chi connectivity index (χ0n) is 23.2. The van der Waals surface area contributed by atoms with Crippen LogP contribution in [0.2, 0.25) is 0 Å². The number of nitrogens with zero attached hydrogens (tertiary/aromatic N) is 1. The van der Waals surface area contributed by atoms with Gasteiger partial charge in [0.05, 0.1) is 18.5 Å². The number of hydrogen-bond acceptors (Lipinski definition) is 8. The Morgan fingerprint density at radius 1 is 1.05 bits per heavy atom. The number of aryl methyl sites for hydroxylation is 2. The normalized spacial score (nSPS) is 11.9. The summed E-state index contributed by atoms with van der Waals surface area (Å²) in [4.78, 5) is 15.3. The molecule has 2 aromatic carbocycles. The van der Waals surface area contributed by atoms with Crippen molar-refractivity contribution in [1.82, 2.24) is 4.98 Å². The number of hydrogen-bond donors (Lipinski definition) is 0. The van der Waals surface area contributed by atoms with Crippen LogP contribution in [0.25, 0.3) is 11.1 Å². The van der Waals surface area contributed by atoms with Gasteiger partial charge in [0.2, 0.25) is 5.88 Å². The molecular formula is C29H34NNaO7S. The minimum absolute atomic E-state index is 0. The van der Waals surface area contributed by atoms with Gasteiger partial charge in [-0.25, -0.2) is 13.4 Å². The second-order valence-corrected chi connectivity index (χ2v) is 11.5. The van der Waals surface area contributed by atoms with Gasteiger partial charge in [-0.2, -0.15) is 0 Å². The van der Waals surface area contributed by atoms with Gasteiger partial charge in [0, 0.05) is 37.5 Å². The molecule has 0 N–H and O–H groups in total. The number of ether oxygens (including phenoxy) is 3. The van der Waals surface area contributed by atoms with Crippen molar-refractivity contribution in [3.05, 3.63) is 77.0 Å². The van der Waals surface area contributed by atoms with Gasteiger partial charge >= 0.3 is 29.6 Å². The number of pyridine rings is 1. The molecule has 0 fully saturated rings. The first-order chi connectivity index (χ1) is 18.1. The molecule has 204 valence electrons. The summed E-state index contributed by atoms with van der Waals surface area (Å²) >= 11 is 0. The van der Waals surface area contributed by atoms with E-state index >= 15 is 0 Å². The Morgan fingerprint density at radius 2 is 1.77 bits per heavy atom. The summed E-state index contributed by atoms with van der Waals surface area (Å²) in [7, 11) is -3.00. The van der Waals surface area contributed by atoms with E-state index in [1.807, 2.05) is 44.2 Å². The molecular weight excluding hydrogens is 529 g/mol. The van der Waals surface area contributed by atoms with Gasteiger partial charge < -0.3 is 24.1 Å². The molecule has 0 saturated heterocycles. The number of carbonyl (C=O) groups is 1. The number of carbonyl (C=O) groups excluding carboxylic acids is 1. The maximum atomic E-state index is 11.3. The first kappa shape index (κ1) is 32.8. The van der Waals surface area contributed by atoms with Crippen molar-refractivity contribution in [3.8, 4) is 22.8 Å². The van der Waals surface area contributed by atoms with Crippen molar-refractivity contribution in [3.63, 3.8) is 0 Å². The minimum atomic E-state index is -3.00. The molecule has 0 aliphatic heterocycles. The van der Waals surface area contributed by atoms with Crippen molar-refractivity contribution >= 4 is 15.8 Å². The average Bonchev–Trinajstić information content (AvgIpc) is 2.85. The smallest absolute Gasteiger partial charge is 0.550 e. The summed E-state index contributed by atoms with van der Waals surface area (Å²) < 4.78 is 39.8. The largest absolute Gasteiger partial charge is 1.00 e. The molecule has 10 heteroatoms.